The quantitative estimate of drug-likeness (QED) is 0.157. The average Bonchev–Trinajstić information content (AvgIpc) is 4.06. The molecule has 6 aromatic heterocycles. The van der Waals surface area contributed by atoms with Gasteiger partial charge in [-0.1, -0.05) is 81.4 Å². The molecule has 6 heterocycles. The molecule has 8 nitrogen and oxygen atoms in total. The Morgan fingerprint density at radius 3 is 1.36 bits per heavy atom. The van der Waals surface area contributed by atoms with Crippen LogP contribution in [0.25, 0.3) is 110 Å². The van der Waals surface area contributed by atoms with Crippen molar-refractivity contribution in [2.45, 2.75) is 40.1 Å². The maximum absolute atomic E-state index is 10.1. The summed E-state index contributed by atoms with van der Waals surface area (Å²) in [6.07, 6.45) is 2.25. The molecule has 12 rings (SSSR count). The van der Waals surface area contributed by atoms with E-state index in [0.29, 0.717) is 11.3 Å². The van der Waals surface area contributed by atoms with E-state index in [1.54, 1.807) is 26.8 Å². The molecule has 12 aromatic rings. The molecule has 0 aliphatic carbocycles. The first-order chi connectivity index (χ1) is 32.7. The number of pyridine rings is 2. The number of aryl methyl sites for hydroxylation is 2. The molecule has 6 aromatic carbocycles. The first-order valence-corrected chi connectivity index (χ1v) is 21.7. The molecule has 64 heavy (non-hydrogen) atoms. The Kier molecular flexibility index (Phi) is 11.0. The SMILES string of the molecule is CC(C)(C)[O-].Cc1ccnc(-c2cccc3c2oc2cc4oc5ccccc5c4cc23)c1.[2H]C([2H])([2H])S(C)=O.[2H]C([2H])([2H])c1ccnc(-c2cccc3c2oc2cc4oc5ccccc5c4cc23)c1.[K+]. The molecule has 0 saturated heterocycles. The van der Waals surface area contributed by atoms with E-state index >= 15 is 0 Å². The maximum atomic E-state index is 10.1. The topological polar surface area (TPSA) is 118 Å². The molecule has 1 unspecified atom stereocenters. The fraction of sp³-hybridized carbons (Fsp3) is 0.148. The van der Waals surface area contributed by atoms with E-state index in [2.05, 4.69) is 59.4 Å². The predicted molar refractivity (Wildman–Crippen MR) is 258 cm³/mol. The number of fused-ring (bicyclic) bond motifs is 12. The Balaban J connectivity index is 0.000000152. The number of hydrogen-bond donors (Lipinski definition) is 0. The fourth-order valence-corrected chi connectivity index (χ4v) is 7.70. The van der Waals surface area contributed by atoms with Crippen LogP contribution in [0, 0.1) is 13.8 Å². The van der Waals surface area contributed by atoms with Gasteiger partial charge < -0.3 is 22.8 Å². The van der Waals surface area contributed by atoms with Gasteiger partial charge in [-0.25, -0.2) is 0 Å². The molecular weight excluding hydrogens is 844 g/mol. The summed E-state index contributed by atoms with van der Waals surface area (Å²) in [7, 11) is -1.68. The molecule has 0 spiro atoms. The molecule has 0 saturated carbocycles. The minimum Gasteiger partial charge on any atom is -0.850 e. The summed E-state index contributed by atoms with van der Waals surface area (Å²) in [5.41, 5.74) is 10.4. The van der Waals surface area contributed by atoms with E-state index in [0.717, 1.165) is 105 Å². The smallest absolute Gasteiger partial charge is 0.850 e. The zero-order valence-electron chi connectivity index (χ0n) is 42.1. The molecule has 0 fully saturated rings. The van der Waals surface area contributed by atoms with E-state index in [-0.39, 0.29) is 56.9 Å². The number of furan rings is 4. The normalized spacial score (nSPS) is 13.7. The van der Waals surface area contributed by atoms with Crippen molar-refractivity contribution in [3.8, 4) is 22.5 Å². The van der Waals surface area contributed by atoms with Gasteiger partial charge in [0.15, 0.2) is 0 Å². The Labute approximate surface area is 423 Å². The number of aromatic nitrogens is 2. The summed E-state index contributed by atoms with van der Waals surface area (Å²) in [4.78, 5) is 8.94. The number of para-hydroxylation sites is 4. The molecule has 0 bridgehead atoms. The van der Waals surface area contributed by atoms with Crippen molar-refractivity contribution in [2.24, 2.45) is 0 Å². The van der Waals surface area contributed by atoms with Crippen molar-refractivity contribution >= 4 is 98.6 Å². The van der Waals surface area contributed by atoms with Gasteiger partial charge in [-0.15, -0.1) is 5.60 Å². The Bertz CT molecular complexity index is 3900. The van der Waals surface area contributed by atoms with Crippen molar-refractivity contribution in [1.82, 2.24) is 9.97 Å². The monoisotopic (exact) mass is 894 g/mol. The number of nitrogens with zero attached hydrogens (tertiary/aromatic N) is 2. The number of rotatable bonds is 2. The minimum absolute atomic E-state index is 0. The van der Waals surface area contributed by atoms with Crippen LogP contribution in [0.1, 0.15) is 40.1 Å². The molecule has 0 radical (unpaired) electrons. The molecule has 10 heteroatoms. The minimum atomic E-state index is -2.28. The van der Waals surface area contributed by atoms with E-state index in [1.807, 2.05) is 85.1 Å². The largest absolute Gasteiger partial charge is 1.00 e. The van der Waals surface area contributed by atoms with E-state index in [9.17, 15) is 9.32 Å². The van der Waals surface area contributed by atoms with Gasteiger partial charge in [0.05, 0.1) is 11.4 Å². The Hall–Kier alpha value is -5.43. The van der Waals surface area contributed by atoms with Gasteiger partial charge in [-0.3, -0.25) is 14.2 Å². The van der Waals surface area contributed by atoms with Crippen molar-refractivity contribution < 1.29 is 86.6 Å². The van der Waals surface area contributed by atoms with Gasteiger partial charge >= 0.3 is 51.4 Å². The van der Waals surface area contributed by atoms with Crippen LogP contribution in [-0.4, -0.2) is 32.2 Å². The van der Waals surface area contributed by atoms with E-state index < -0.39 is 29.4 Å². The summed E-state index contributed by atoms with van der Waals surface area (Å²) in [6, 6.07) is 43.6. The van der Waals surface area contributed by atoms with Crippen molar-refractivity contribution in [3.05, 3.63) is 157 Å². The molecule has 0 aliphatic heterocycles. The summed E-state index contributed by atoms with van der Waals surface area (Å²) >= 11 is 0. The molecule has 1 atom stereocenters. The van der Waals surface area contributed by atoms with Crippen LogP contribution in [0.4, 0.5) is 0 Å². The summed E-state index contributed by atoms with van der Waals surface area (Å²) in [6.45, 7) is 4.78. The third kappa shape index (κ3) is 9.36. The van der Waals surface area contributed by atoms with Crippen LogP contribution < -0.4 is 56.5 Å². The van der Waals surface area contributed by atoms with E-state index in [1.165, 1.54) is 17.8 Å². The molecule has 314 valence electrons. The summed E-state index contributed by atoms with van der Waals surface area (Å²) in [5, 5.41) is 18.6. The molecule has 0 aliphatic rings. The van der Waals surface area contributed by atoms with Crippen LogP contribution in [-0.2, 0) is 10.8 Å². The van der Waals surface area contributed by atoms with Gasteiger partial charge in [-0.05, 0) is 85.6 Å². The molecule has 0 amide bonds. The average molecular weight is 895 g/mol. The van der Waals surface area contributed by atoms with E-state index in [4.69, 9.17) is 25.9 Å². The fourth-order valence-electron chi connectivity index (χ4n) is 7.70. The maximum Gasteiger partial charge on any atom is 1.00 e. The molecular formula is C54H45KN2O6S. The van der Waals surface area contributed by atoms with Crippen LogP contribution in [0.15, 0.2) is 164 Å². The third-order valence-electron chi connectivity index (χ3n) is 10.2. The van der Waals surface area contributed by atoms with Gasteiger partial charge in [0.25, 0.3) is 0 Å². The number of benzene rings is 6. The molecule has 0 N–H and O–H groups in total. The van der Waals surface area contributed by atoms with Crippen molar-refractivity contribution in [3.63, 3.8) is 0 Å². The van der Waals surface area contributed by atoms with Crippen LogP contribution >= 0.6 is 0 Å². The second-order valence-corrected chi connectivity index (χ2v) is 17.1. The zero-order valence-corrected chi connectivity index (χ0v) is 40.0. The Morgan fingerprint density at radius 2 is 0.906 bits per heavy atom. The first kappa shape index (κ1) is 37.9. The van der Waals surface area contributed by atoms with Gasteiger partial charge in [-0.2, -0.15) is 0 Å². The first-order valence-electron chi connectivity index (χ1n) is 23.2. The van der Waals surface area contributed by atoms with Gasteiger partial charge in [0, 0.05) is 110 Å². The summed E-state index contributed by atoms with van der Waals surface area (Å²) < 4.78 is 76.8. The zero-order chi connectivity index (χ0) is 49.0. The standard InChI is InChI=1S/2C24H15NO2.C4H9O.C2H6OS.K/c2*1-14-9-10-25-20(11-14)17-7-4-6-16-19-12-18-15-5-2-3-8-21(15)26-22(18)13-23(19)27-24(16)17;1-4(2,3)5;1-4(2)3;/h2*2-13H,1H3;1-3H3;1-2H3;/q;;-1;;+1/i1D3;;;1D3;. The summed E-state index contributed by atoms with van der Waals surface area (Å²) in [5.74, 6) is 0. The van der Waals surface area contributed by atoms with Crippen molar-refractivity contribution in [1.29, 1.82) is 0 Å². The second-order valence-electron chi connectivity index (χ2n) is 16.2. The van der Waals surface area contributed by atoms with Crippen LogP contribution in [0.3, 0.4) is 0 Å². The second kappa shape index (κ2) is 18.6. The Morgan fingerprint density at radius 1 is 0.516 bits per heavy atom. The van der Waals surface area contributed by atoms with Gasteiger partial charge in [0.1, 0.15) is 44.7 Å². The van der Waals surface area contributed by atoms with Crippen LogP contribution in [0.5, 0.6) is 0 Å². The van der Waals surface area contributed by atoms with Crippen LogP contribution in [0.2, 0.25) is 0 Å². The van der Waals surface area contributed by atoms with Crippen molar-refractivity contribution in [2.75, 3.05) is 12.4 Å². The third-order valence-corrected chi connectivity index (χ3v) is 10.2. The predicted octanol–water partition coefficient (Wildman–Crippen LogP) is 10.9. The number of hydrogen-bond acceptors (Lipinski definition) is 8. The van der Waals surface area contributed by atoms with Gasteiger partial charge in [0.2, 0.25) is 0 Å².